The third-order valence-electron chi connectivity index (χ3n) is 2.13. The highest BCUT2D eigenvalue weighted by Gasteiger charge is 2.15. The number of hydrogen-bond acceptors (Lipinski definition) is 5. The van der Waals surface area contributed by atoms with Crippen LogP contribution < -0.4 is 4.72 Å². The van der Waals surface area contributed by atoms with Gasteiger partial charge in [-0.3, -0.25) is 5.10 Å². The molecule has 0 radical (unpaired) electrons. The number of rotatable bonds is 5. The lowest BCUT2D eigenvalue weighted by atomic mass is 10.4. The highest BCUT2D eigenvalue weighted by molar-refractivity contribution is 7.89. The van der Waals surface area contributed by atoms with Gasteiger partial charge in [-0.1, -0.05) is 6.92 Å². The van der Waals surface area contributed by atoms with E-state index < -0.39 is 10.0 Å². The summed E-state index contributed by atoms with van der Waals surface area (Å²) in [6, 6.07) is 1.40. The first-order valence-electron chi connectivity index (χ1n) is 5.04. The van der Waals surface area contributed by atoms with Crippen LogP contribution in [0.2, 0.25) is 0 Å². The number of aromatic nitrogens is 3. The van der Waals surface area contributed by atoms with Crippen molar-refractivity contribution in [2.75, 3.05) is 0 Å². The van der Waals surface area contributed by atoms with E-state index in [0.717, 1.165) is 16.3 Å². The minimum absolute atomic E-state index is 0.0600. The summed E-state index contributed by atoms with van der Waals surface area (Å²) in [6.45, 7) is 2.23. The standard InChI is InChI=1S/C9H12N4O2S2/c1-2-7-5-10-8(16-7)6-12-17(14,15)9-3-4-11-13-9/h3-5,12H,2,6H2,1H3,(H,11,13). The Kier molecular flexibility index (Phi) is 3.55. The Morgan fingerprint density at radius 1 is 1.53 bits per heavy atom. The molecule has 0 bridgehead atoms. The number of aromatic amines is 1. The molecule has 2 rings (SSSR count). The molecule has 2 aromatic heterocycles. The van der Waals surface area contributed by atoms with Crippen molar-refractivity contribution in [1.29, 1.82) is 0 Å². The van der Waals surface area contributed by atoms with Gasteiger partial charge in [-0.25, -0.2) is 18.1 Å². The van der Waals surface area contributed by atoms with Crippen LogP contribution in [0.15, 0.2) is 23.5 Å². The smallest absolute Gasteiger partial charge is 0.257 e. The first-order chi connectivity index (χ1) is 8.12. The highest BCUT2D eigenvalue weighted by atomic mass is 32.2. The summed E-state index contributed by atoms with van der Waals surface area (Å²) in [4.78, 5) is 5.28. The van der Waals surface area contributed by atoms with Gasteiger partial charge in [0, 0.05) is 11.1 Å². The molecule has 0 amide bonds. The van der Waals surface area contributed by atoms with E-state index in [1.807, 2.05) is 6.92 Å². The summed E-state index contributed by atoms with van der Waals surface area (Å²) in [6.07, 6.45) is 4.07. The third kappa shape index (κ3) is 2.90. The molecule has 0 fully saturated rings. The lowest BCUT2D eigenvalue weighted by Gasteiger charge is -2.01. The molecule has 0 saturated carbocycles. The van der Waals surface area contributed by atoms with Gasteiger partial charge in [-0.2, -0.15) is 5.10 Å². The zero-order valence-electron chi connectivity index (χ0n) is 9.17. The predicted octanol–water partition coefficient (Wildman–Crippen LogP) is 0.907. The summed E-state index contributed by atoms with van der Waals surface area (Å²) in [5, 5.41) is 6.83. The summed E-state index contributed by atoms with van der Waals surface area (Å²) in [5.41, 5.74) is 0. The van der Waals surface area contributed by atoms with Gasteiger partial charge in [0.15, 0.2) is 5.03 Å². The van der Waals surface area contributed by atoms with E-state index in [9.17, 15) is 8.42 Å². The lowest BCUT2D eigenvalue weighted by Crippen LogP contribution is -2.23. The zero-order valence-corrected chi connectivity index (χ0v) is 10.8. The van der Waals surface area contributed by atoms with Crippen molar-refractivity contribution < 1.29 is 8.42 Å². The van der Waals surface area contributed by atoms with Crippen LogP contribution >= 0.6 is 11.3 Å². The molecule has 6 nitrogen and oxygen atoms in total. The van der Waals surface area contributed by atoms with Crippen LogP contribution in [0.25, 0.3) is 0 Å². The maximum atomic E-state index is 11.7. The van der Waals surface area contributed by atoms with Crippen LogP contribution in [-0.2, 0) is 23.0 Å². The highest BCUT2D eigenvalue weighted by Crippen LogP contribution is 2.13. The van der Waals surface area contributed by atoms with Gasteiger partial charge in [0.2, 0.25) is 0 Å². The topological polar surface area (TPSA) is 87.7 Å². The van der Waals surface area contributed by atoms with Crippen molar-refractivity contribution in [3.8, 4) is 0 Å². The van der Waals surface area contributed by atoms with Crippen LogP contribution in [-0.4, -0.2) is 23.6 Å². The molecule has 0 atom stereocenters. The van der Waals surface area contributed by atoms with Crippen molar-refractivity contribution in [3.05, 3.63) is 28.3 Å². The normalized spacial score (nSPS) is 11.8. The largest absolute Gasteiger partial charge is 0.266 e. The van der Waals surface area contributed by atoms with Crippen LogP contribution in [0, 0.1) is 0 Å². The summed E-state index contributed by atoms with van der Waals surface area (Å²) >= 11 is 1.51. The number of aryl methyl sites for hydroxylation is 1. The van der Waals surface area contributed by atoms with Crippen molar-refractivity contribution in [2.45, 2.75) is 24.9 Å². The first kappa shape index (κ1) is 12.2. The molecular weight excluding hydrogens is 260 g/mol. The fourth-order valence-corrected chi connectivity index (χ4v) is 3.01. The fourth-order valence-electron chi connectivity index (χ4n) is 1.22. The van der Waals surface area contributed by atoms with Crippen molar-refractivity contribution in [2.24, 2.45) is 0 Å². The van der Waals surface area contributed by atoms with Crippen molar-refractivity contribution >= 4 is 21.4 Å². The molecule has 0 aliphatic heterocycles. The monoisotopic (exact) mass is 272 g/mol. The molecule has 92 valence electrons. The van der Waals surface area contributed by atoms with Gasteiger partial charge in [0.1, 0.15) is 5.01 Å². The predicted molar refractivity (Wildman–Crippen MR) is 64.1 cm³/mol. The average molecular weight is 272 g/mol. The van der Waals surface area contributed by atoms with Gasteiger partial charge >= 0.3 is 0 Å². The van der Waals surface area contributed by atoms with Gasteiger partial charge in [0.05, 0.1) is 12.7 Å². The molecule has 2 heterocycles. The number of nitrogens with zero attached hydrogens (tertiary/aromatic N) is 2. The van der Waals surface area contributed by atoms with Crippen molar-refractivity contribution in [3.63, 3.8) is 0 Å². The number of H-pyrrole nitrogens is 1. The Labute approximate surface area is 103 Å². The van der Waals surface area contributed by atoms with Gasteiger partial charge in [-0.15, -0.1) is 11.3 Å². The molecule has 0 spiro atoms. The molecule has 0 aliphatic rings. The van der Waals surface area contributed by atoms with E-state index in [2.05, 4.69) is 19.9 Å². The Balaban J connectivity index is 2.03. The number of thiazole rings is 1. The molecule has 0 aromatic carbocycles. The molecule has 0 unspecified atom stereocenters. The first-order valence-corrected chi connectivity index (χ1v) is 7.34. The number of hydrogen-bond donors (Lipinski definition) is 2. The van der Waals surface area contributed by atoms with E-state index in [-0.39, 0.29) is 11.6 Å². The molecule has 2 N–H and O–H groups in total. The second-order valence-electron chi connectivity index (χ2n) is 3.32. The van der Waals surface area contributed by atoms with E-state index in [1.54, 1.807) is 6.20 Å². The lowest BCUT2D eigenvalue weighted by molar-refractivity contribution is 0.577. The maximum absolute atomic E-state index is 11.7. The van der Waals surface area contributed by atoms with Crippen LogP contribution in [0.5, 0.6) is 0 Å². The molecule has 0 aliphatic carbocycles. The van der Waals surface area contributed by atoms with Crippen LogP contribution in [0.4, 0.5) is 0 Å². The van der Waals surface area contributed by atoms with E-state index >= 15 is 0 Å². The second kappa shape index (κ2) is 4.94. The quantitative estimate of drug-likeness (QED) is 0.846. The number of sulfonamides is 1. The average Bonchev–Trinajstić information content (AvgIpc) is 2.98. The Morgan fingerprint density at radius 2 is 2.35 bits per heavy atom. The SMILES string of the molecule is CCc1cnc(CNS(=O)(=O)c2ccn[nH]2)s1. The molecule has 0 saturated heterocycles. The number of nitrogens with one attached hydrogen (secondary N) is 2. The molecular formula is C9H12N4O2S2. The van der Waals surface area contributed by atoms with Crippen molar-refractivity contribution in [1.82, 2.24) is 19.9 Å². The minimum Gasteiger partial charge on any atom is -0.266 e. The second-order valence-corrected chi connectivity index (χ2v) is 6.25. The molecule has 8 heteroatoms. The van der Waals surface area contributed by atoms with E-state index in [1.165, 1.54) is 23.6 Å². The summed E-state index contributed by atoms with van der Waals surface area (Å²) in [7, 11) is -3.51. The third-order valence-corrected chi connectivity index (χ3v) is 4.60. The Morgan fingerprint density at radius 3 is 2.94 bits per heavy atom. The maximum Gasteiger partial charge on any atom is 0.257 e. The van der Waals surface area contributed by atoms with E-state index in [0.29, 0.717) is 0 Å². The molecule has 2 aromatic rings. The van der Waals surface area contributed by atoms with E-state index in [4.69, 9.17) is 0 Å². The van der Waals surface area contributed by atoms with Crippen LogP contribution in [0.1, 0.15) is 16.8 Å². The minimum atomic E-state index is -3.51. The zero-order chi connectivity index (χ0) is 12.3. The molecule has 17 heavy (non-hydrogen) atoms. The summed E-state index contributed by atoms with van der Waals surface area (Å²) < 4.78 is 25.9. The van der Waals surface area contributed by atoms with Gasteiger partial charge in [-0.05, 0) is 12.5 Å². The van der Waals surface area contributed by atoms with Gasteiger partial charge in [0.25, 0.3) is 10.0 Å². The fraction of sp³-hybridized carbons (Fsp3) is 0.333. The van der Waals surface area contributed by atoms with Gasteiger partial charge < -0.3 is 0 Å². The Hall–Kier alpha value is -1.25. The Bertz CT molecular complexity index is 574. The summed E-state index contributed by atoms with van der Waals surface area (Å²) in [5.74, 6) is 0. The van der Waals surface area contributed by atoms with Crippen LogP contribution in [0.3, 0.4) is 0 Å².